The van der Waals surface area contributed by atoms with Crippen LogP contribution in [0, 0.1) is 5.41 Å². The van der Waals surface area contributed by atoms with Crippen LogP contribution >= 0.6 is 0 Å². The van der Waals surface area contributed by atoms with Gasteiger partial charge in [0.1, 0.15) is 0 Å². The van der Waals surface area contributed by atoms with Crippen LogP contribution in [0.25, 0.3) is 0 Å². The van der Waals surface area contributed by atoms with Crippen molar-refractivity contribution in [2.75, 3.05) is 7.05 Å². The number of rotatable bonds is 0. The van der Waals surface area contributed by atoms with Crippen LogP contribution in [0.5, 0.6) is 0 Å². The molecule has 0 rings (SSSR count). The standard InChI is InChI=1S/C6H13NO.CO2/c1-6(2,3)5(8)7-4;2-1-3/h1-4H3,(H,7,8);. The third-order valence-corrected chi connectivity index (χ3v) is 0.908. The number of hydrogen-bond donors (Lipinski definition) is 1. The molecule has 0 radical (unpaired) electrons. The Balaban J connectivity index is 0. The van der Waals surface area contributed by atoms with Gasteiger partial charge >= 0.3 is 6.15 Å². The molecular formula is C7H13NO3. The highest BCUT2D eigenvalue weighted by Crippen LogP contribution is 2.11. The minimum Gasteiger partial charge on any atom is -0.359 e. The van der Waals surface area contributed by atoms with Crippen molar-refractivity contribution >= 4 is 12.1 Å². The summed E-state index contributed by atoms with van der Waals surface area (Å²) in [5, 5.41) is 2.57. The molecule has 0 unspecified atom stereocenters. The number of carbonyl (C=O) groups excluding carboxylic acids is 3. The van der Waals surface area contributed by atoms with Gasteiger partial charge in [-0.05, 0) is 0 Å². The monoisotopic (exact) mass is 159 g/mol. The lowest BCUT2D eigenvalue weighted by Crippen LogP contribution is -2.31. The predicted molar refractivity (Wildman–Crippen MR) is 38.5 cm³/mol. The van der Waals surface area contributed by atoms with E-state index in [4.69, 9.17) is 9.59 Å². The van der Waals surface area contributed by atoms with E-state index in [1.807, 2.05) is 20.8 Å². The summed E-state index contributed by atoms with van der Waals surface area (Å²) in [6, 6.07) is 0. The summed E-state index contributed by atoms with van der Waals surface area (Å²) in [7, 11) is 1.65. The molecule has 0 fully saturated rings. The molecular weight excluding hydrogens is 146 g/mol. The zero-order valence-corrected chi connectivity index (χ0v) is 7.22. The van der Waals surface area contributed by atoms with Crippen molar-refractivity contribution in [3.05, 3.63) is 0 Å². The van der Waals surface area contributed by atoms with Gasteiger partial charge in [0.15, 0.2) is 0 Å². The van der Waals surface area contributed by atoms with Crippen molar-refractivity contribution < 1.29 is 14.4 Å². The molecule has 0 aromatic heterocycles. The van der Waals surface area contributed by atoms with E-state index in [-0.39, 0.29) is 17.5 Å². The highest BCUT2D eigenvalue weighted by molar-refractivity contribution is 5.80. The normalized spacial score (nSPS) is 8.73. The zero-order chi connectivity index (χ0) is 9.49. The third kappa shape index (κ3) is 8.85. The van der Waals surface area contributed by atoms with Crippen LogP contribution in [0.3, 0.4) is 0 Å². The lowest BCUT2D eigenvalue weighted by molar-refractivity contribution is -0.191. The van der Waals surface area contributed by atoms with Gasteiger partial charge in [0, 0.05) is 12.5 Å². The Morgan fingerprint density at radius 2 is 1.55 bits per heavy atom. The molecule has 0 aromatic carbocycles. The van der Waals surface area contributed by atoms with Crippen molar-refractivity contribution in [3.8, 4) is 0 Å². The van der Waals surface area contributed by atoms with Crippen molar-refractivity contribution in [1.29, 1.82) is 0 Å². The van der Waals surface area contributed by atoms with Gasteiger partial charge < -0.3 is 5.32 Å². The summed E-state index contributed by atoms with van der Waals surface area (Å²) in [6.07, 6.45) is 0.250. The fourth-order valence-corrected chi connectivity index (χ4v) is 0.375. The molecule has 0 atom stereocenters. The first-order valence-corrected chi connectivity index (χ1v) is 3.11. The van der Waals surface area contributed by atoms with Crippen LogP contribution < -0.4 is 5.32 Å². The van der Waals surface area contributed by atoms with Crippen LogP contribution in [-0.4, -0.2) is 19.1 Å². The molecule has 0 aromatic rings. The van der Waals surface area contributed by atoms with Gasteiger partial charge in [-0.15, -0.1) is 0 Å². The molecule has 0 saturated heterocycles. The van der Waals surface area contributed by atoms with Crippen molar-refractivity contribution in [3.63, 3.8) is 0 Å². The molecule has 64 valence electrons. The second-order valence-electron chi connectivity index (χ2n) is 2.91. The third-order valence-electron chi connectivity index (χ3n) is 0.908. The molecule has 1 amide bonds. The Morgan fingerprint density at radius 1 is 1.27 bits per heavy atom. The van der Waals surface area contributed by atoms with Crippen molar-refractivity contribution in [2.45, 2.75) is 20.8 Å². The van der Waals surface area contributed by atoms with Crippen LogP contribution in [0.4, 0.5) is 0 Å². The highest BCUT2D eigenvalue weighted by Gasteiger charge is 2.18. The molecule has 0 aliphatic carbocycles. The molecule has 4 heteroatoms. The van der Waals surface area contributed by atoms with E-state index in [9.17, 15) is 4.79 Å². The molecule has 0 bridgehead atoms. The summed E-state index contributed by atoms with van der Waals surface area (Å²) in [5.74, 6) is 0.0810. The quantitative estimate of drug-likeness (QED) is 0.549. The first kappa shape index (κ1) is 12.5. The first-order chi connectivity index (χ1) is 4.90. The molecule has 0 saturated carbocycles. The van der Waals surface area contributed by atoms with Gasteiger partial charge in [0.05, 0.1) is 0 Å². The minimum atomic E-state index is -0.241. The van der Waals surface area contributed by atoms with Crippen LogP contribution in [0.2, 0.25) is 0 Å². The van der Waals surface area contributed by atoms with E-state index in [2.05, 4.69) is 5.32 Å². The zero-order valence-electron chi connectivity index (χ0n) is 7.22. The molecule has 1 N–H and O–H groups in total. The highest BCUT2D eigenvalue weighted by atomic mass is 16.2. The average molecular weight is 159 g/mol. The SMILES string of the molecule is CNC(=O)C(C)(C)C.O=C=O. The van der Waals surface area contributed by atoms with E-state index in [0.717, 1.165) is 0 Å². The average Bonchev–Trinajstić information content (AvgIpc) is 1.86. The Morgan fingerprint density at radius 3 is 1.55 bits per heavy atom. The number of carbonyl (C=O) groups is 1. The van der Waals surface area contributed by atoms with E-state index in [1.54, 1.807) is 7.05 Å². The van der Waals surface area contributed by atoms with E-state index >= 15 is 0 Å². The summed E-state index contributed by atoms with van der Waals surface area (Å²) in [6.45, 7) is 5.64. The molecule has 0 heterocycles. The van der Waals surface area contributed by atoms with Gasteiger partial charge in [0.25, 0.3) is 0 Å². The van der Waals surface area contributed by atoms with E-state index in [0.29, 0.717) is 0 Å². The Labute approximate surface area is 66.0 Å². The van der Waals surface area contributed by atoms with Crippen LogP contribution in [-0.2, 0) is 14.4 Å². The smallest absolute Gasteiger partial charge is 0.359 e. The second kappa shape index (κ2) is 5.62. The Bertz CT molecular complexity index is 152. The maximum absolute atomic E-state index is 10.7. The maximum atomic E-state index is 10.7. The summed E-state index contributed by atoms with van der Waals surface area (Å²) >= 11 is 0. The molecule has 0 spiro atoms. The van der Waals surface area contributed by atoms with E-state index in [1.165, 1.54) is 0 Å². The first-order valence-electron chi connectivity index (χ1n) is 3.11. The molecule has 0 aliphatic heterocycles. The number of nitrogens with one attached hydrogen (secondary N) is 1. The fourth-order valence-electron chi connectivity index (χ4n) is 0.375. The lowest BCUT2D eigenvalue weighted by Gasteiger charge is -2.14. The van der Waals surface area contributed by atoms with Gasteiger partial charge in [-0.2, -0.15) is 9.59 Å². The van der Waals surface area contributed by atoms with Gasteiger partial charge in [0.2, 0.25) is 5.91 Å². The minimum absolute atomic E-state index is 0.0810. The maximum Gasteiger partial charge on any atom is 0.373 e. The number of amides is 1. The summed E-state index contributed by atoms with van der Waals surface area (Å²) in [5.41, 5.74) is -0.241. The van der Waals surface area contributed by atoms with Gasteiger partial charge in [-0.3, -0.25) is 4.79 Å². The van der Waals surface area contributed by atoms with Crippen molar-refractivity contribution in [1.82, 2.24) is 5.32 Å². The summed E-state index contributed by atoms with van der Waals surface area (Å²) in [4.78, 5) is 27.0. The Hall–Kier alpha value is -1.15. The molecule has 11 heavy (non-hydrogen) atoms. The topological polar surface area (TPSA) is 63.2 Å². The fraction of sp³-hybridized carbons (Fsp3) is 0.714. The molecule has 0 aliphatic rings. The lowest BCUT2D eigenvalue weighted by atomic mass is 9.96. The van der Waals surface area contributed by atoms with Gasteiger partial charge in [-0.1, -0.05) is 20.8 Å². The molecule has 4 nitrogen and oxygen atoms in total. The Kier molecular flexibility index (Phi) is 6.40. The van der Waals surface area contributed by atoms with Crippen LogP contribution in [0.15, 0.2) is 0 Å². The van der Waals surface area contributed by atoms with Crippen LogP contribution in [0.1, 0.15) is 20.8 Å². The second-order valence-corrected chi connectivity index (χ2v) is 2.91. The predicted octanol–water partition coefficient (Wildman–Crippen LogP) is 0.195. The van der Waals surface area contributed by atoms with Crippen molar-refractivity contribution in [2.24, 2.45) is 5.41 Å². The largest absolute Gasteiger partial charge is 0.373 e. The van der Waals surface area contributed by atoms with E-state index < -0.39 is 0 Å². The number of hydrogen-bond acceptors (Lipinski definition) is 3. The van der Waals surface area contributed by atoms with Gasteiger partial charge in [-0.25, -0.2) is 0 Å². The summed E-state index contributed by atoms with van der Waals surface area (Å²) < 4.78 is 0.